The Kier molecular flexibility index (Phi) is 7.09. The smallest absolute Gasteiger partial charge is 0.271 e. The first kappa shape index (κ1) is 26.3. The second kappa shape index (κ2) is 9.41. The summed E-state index contributed by atoms with van der Waals surface area (Å²) in [6.45, 7) is 7.69. The van der Waals surface area contributed by atoms with Crippen molar-refractivity contribution in [2.24, 2.45) is 12.5 Å². The number of sulfonamides is 1. The summed E-state index contributed by atoms with van der Waals surface area (Å²) in [5, 5.41) is 16.2. The normalized spacial score (nSPS) is 16.7. The van der Waals surface area contributed by atoms with Crippen LogP contribution in [0.3, 0.4) is 0 Å². The van der Waals surface area contributed by atoms with Gasteiger partial charge < -0.3 is 5.32 Å². The fourth-order valence-corrected chi connectivity index (χ4v) is 4.57. The van der Waals surface area contributed by atoms with Crippen LogP contribution >= 0.6 is 0 Å². The van der Waals surface area contributed by atoms with Crippen LogP contribution in [0.5, 0.6) is 0 Å². The molecular formula is C24H29F2N5O3S. The van der Waals surface area contributed by atoms with Gasteiger partial charge in [0.25, 0.3) is 21.9 Å². The van der Waals surface area contributed by atoms with Crippen LogP contribution < -0.4 is 10.0 Å². The minimum atomic E-state index is -4.19. The van der Waals surface area contributed by atoms with E-state index in [-0.39, 0.29) is 45.4 Å². The molecule has 1 aliphatic rings. The average molecular weight is 506 g/mol. The molecule has 11 heteroatoms. The molecule has 1 atom stereocenters. The van der Waals surface area contributed by atoms with Crippen molar-refractivity contribution in [3.63, 3.8) is 0 Å². The Morgan fingerprint density at radius 2 is 1.89 bits per heavy atom. The van der Waals surface area contributed by atoms with Crippen LogP contribution in [0.25, 0.3) is 5.57 Å². The van der Waals surface area contributed by atoms with Crippen molar-refractivity contribution in [1.82, 2.24) is 15.1 Å². The van der Waals surface area contributed by atoms with E-state index in [1.807, 2.05) is 33.8 Å². The van der Waals surface area contributed by atoms with Gasteiger partial charge in [0.2, 0.25) is 0 Å². The number of allylic oxidation sites excluding steroid dienone is 2. The molecule has 1 amide bonds. The highest BCUT2D eigenvalue weighted by Crippen LogP contribution is 2.39. The van der Waals surface area contributed by atoms with Gasteiger partial charge in [-0.3, -0.25) is 14.2 Å². The highest BCUT2D eigenvalue weighted by atomic mass is 32.2. The molecule has 8 nitrogen and oxygen atoms in total. The van der Waals surface area contributed by atoms with Gasteiger partial charge >= 0.3 is 0 Å². The number of carbonyl (C=O) groups excluding carboxylic acids is 1. The average Bonchev–Trinajstić information content (AvgIpc) is 3.08. The zero-order chi connectivity index (χ0) is 26.2. The van der Waals surface area contributed by atoms with Gasteiger partial charge in [-0.15, -0.1) is 0 Å². The fraction of sp³-hybridized carbons (Fsp3) is 0.458. The van der Waals surface area contributed by atoms with Crippen molar-refractivity contribution in [2.45, 2.75) is 63.8 Å². The Bertz CT molecular complexity index is 1300. The highest BCUT2D eigenvalue weighted by molar-refractivity contribution is 7.92. The Balaban J connectivity index is 2.09. The third-order valence-corrected chi connectivity index (χ3v) is 7.52. The molecule has 1 aromatic carbocycles. The van der Waals surface area contributed by atoms with E-state index < -0.39 is 34.7 Å². The molecule has 2 aromatic rings. The summed E-state index contributed by atoms with van der Waals surface area (Å²) >= 11 is 0. The predicted molar refractivity (Wildman–Crippen MR) is 128 cm³/mol. The SMILES string of the molecule is C[C@H](NC(=O)c1c(NS(=O)(=O)c2ccc(C#N)cc2)c(C2=CCC(F)(F)CC2)nn1C)C(C)(C)C. The van der Waals surface area contributed by atoms with Gasteiger partial charge in [-0.2, -0.15) is 10.4 Å². The van der Waals surface area contributed by atoms with Gasteiger partial charge in [0.15, 0.2) is 5.69 Å². The van der Waals surface area contributed by atoms with Gasteiger partial charge in [-0.05, 0) is 48.6 Å². The van der Waals surface area contributed by atoms with E-state index in [2.05, 4.69) is 15.1 Å². The minimum absolute atomic E-state index is 0.0188. The molecule has 0 saturated carbocycles. The highest BCUT2D eigenvalue weighted by Gasteiger charge is 2.35. The zero-order valence-corrected chi connectivity index (χ0v) is 21.1. The standard InChI is InChI=1S/C24H29F2N5O3S/c1-15(23(2,3)4)28-22(32)21-20(30-35(33,34)18-8-6-16(14-27)7-9-18)19(29-31(21)5)17-10-12-24(25,26)13-11-17/h6-10,15,30H,11-13H2,1-5H3,(H,28,32)/t15-/m0/s1. The molecule has 0 fully saturated rings. The number of hydrogen-bond acceptors (Lipinski definition) is 5. The summed E-state index contributed by atoms with van der Waals surface area (Å²) in [7, 11) is -2.69. The molecule has 1 aliphatic carbocycles. The van der Waals surface area contributed by atoms with Crippen LogP contribution in [0, 0.1) is 16.7 Å². The summed E-state index contributed by atoms with van der Waals surface area (Å²) in [6.07, 6.45) is 0.420. The number of alkyl halides is 2. The van der Waals surface area contributed by atoms with Crippen LogP contribution in [0.2, 0.25) is 0 Å². The van der Waals surface area contributed by atoms with E-state index in [0.29, 0.717) is 5.57 Å². The number of nitriles is 1. The number of amides is 1. The van der Waals surface area contributed by atoms with Crippen molar-refractivity contribution < 1.29 is 22.0 Å². The molecule has 35 heavy (non-hydrogen) atoms. The Morgan fingerprint density at radius 1 is 1.26 bits per heavy atom. The van der Waals surface area contributed by atoms with Crippen molar-refractivity contribution in [3.05, 3.63) is 47.3 Å². The third-order valence-electron chi connectivity index (χ3n) is 6.15. The quantitative estimate of drug-likeness (QED) is 0.601. The number of halogens is 2. The van der Waals surface area contributed by atoms with Crippen LogP contribution in [0.15, 0.2) is 35.2 Å². The number of hydrogen-bond donors (Lipinski definition) is 2. The van der Waals surface area contributed by atoms with E-state index >= 15 is 0 Å². The van der Waals surface area contributed by atoms with E-state index in [9.17, 15) is 22.0 Å². The lowest BCUT2D eigenvalue weighted by atomic mass is 9.88. The first-order valence-corrected chi connectivity index (χ1v) is 12.6. The van der Waals surface area contributed by atoms with Gasteiger partial charge in [0.05, 0.1) is 16.5 Å². The Labute approximate surface area is 204 Å². The van der Waals surface area contributed by atoms with E-state index in [4.69, 9.17) is 5.26 Å². The second-order valence-electron chi connectivity index (χ2n) is 9.79. The maximum Gasteiger partial charge on any atom is 0.271 e. The lowest BCUT2D eigenvalue weighted by Gasteiger charge is -2.28. The number of anilines is 1. The van der Waals surface area contributed by atoms with E-state index in [0.717, 1.165) is 0 Å². The lowest BCUT2D eigenvalue weighted by Crippen LogP contribution is -2.42. The number of nitrogens with zero attached hydrogens (tertiary/aromatic N) is 3. The predicted octanol–water partition coefficient (Wildman–Crippen LogP) is 4.46. The number of nitrogens with one attached hydrogen (secondary N) is 2. The van der Waals surface area contributed by atoms with Crippen molar-refractivity contribution in [3.8, 4) is 6.07 Å². The van der Waals surface area contributed by atoms with E-state index in [1.54, 1.807) is 0 Å². The molecule has 0 unspecified atom stereocenters. The lowest BCUT2D eigenvalue weighted by molar-refractivity contribution is -0.00606. The fourth-order valence-electron chi connectivity index (χ4n) is 3.50. The van der Waals surface area contributed by atoms with E-state index in [1.165, 1.54) is 42.1 Å². The summed E-state index contributed by atoms with van der Waals surface area (Å²) in [5.74, 6) is -3.39. The first-order valence-electron chi connectivity index (χ1n) is 11.1. The summed E-state index contributed by atoms with van der Waals surface area (Å²) in [5.41, 5.74) is 0.478. The summed E-state index contributed by atoms with van der Waals surface area (Å²) < 4.78 is 57.6. The van der Waals surface area contributed by atoms with Crippen LogP contribution in [-0.2, 0) is 17.1 Å². The second-order valence-corrected chi connectivity index (χ2v) is 11.5. The van der Waals surface area contributed by atoms with Gasteiger partial charge in [-0.1, -0.05) is 26.8 Å². The molecule has 188 valence electrons. The summed E-state index contributed by atoms with van der Waals surface area (Å²) in [6, 6.07) is 6.94. The van der Waals surface area contributed by atoms with Crippen LogP contribution in [-0.4, -0.2) is 36.1 Å². The summed E-state index contributed by atoms with van der Waals surface area (Å²) in [4.78, 5) is 13.1. The van der Waals surface area contributed by atoms with Gasteiger partial charge in [0, 0.05) is 25.9 Å². The number of aromatic nitrogens is 2. The maximum absolute atomic E-state index is 13.7. The van der Waals surface area contributed by atoms with Crippen molar-refractivity contribution in [2.75, 3.05) is 4.72 Å². The number of benzene rings is 1. The Hall–Kier alpha value is -3.26. The Morgan fingerprint density at radius 3 is 2.40 bits per heavy atom. The maximum atomic E-state index is 13.7. The largest absolute Gasteiger partial charge is 0.348 e. The molecular weight excluding hydrogens is 476 g/mol. The number of rotatable bonds is 6. The first-order chi connectivity index (χ1) is 16.1. The molecule has 2 N–H and O–H groups in total. The number of carbonyl (C=O) groups is 1. The van der Waals surface area contributed by atoms with Crippen LogP contribution in [0.1, 0.15) is 68.7 Å². The molecule has 0 radical (unpaired) electrons. The van der Waals surface area contributed by atoms with Gasteiger partial charge in [0.1, 0.15) is 11.4 Å². The van der Waals surface area contributed by atoms with Crippen molar-refractivity contribution >= 4 is 27.2 Å². The zero-order valence-electron chi connectivity index (χ0n) is 20.3. The molecule has 0 saturated heterocycles. The molecule has 0 aliphatic heterocycles. The minimum Gasteiger partial charge on any atom is -0.348 e. The molecule has 0 bridgehead atoms. The van der Waals surface area contributed by atoms with Crippen molar-refractivity contribution in [1.29, 1.82) is 5.26 Å². The molecule has 0 spiro atoms. The molecule has 3 rings (SSSR count). The van der Waals surface area contributed by atoms with Gasteiger partial charge in [-0.25, -0.2) is 17.2 Å². The third kappa shape index (κ3) is 5.88. The monoisotopic (exact) mass is 505 g/mol. The number of aryl methyl sites for hydroxylation is 1. The molecule has 1 heterocycles. The molecule has 1 aromatic heterocycles. The topological polar surface area (TPSA) is 117 Å². The van der Waals surface area contributed by atoms with Crippen LogP contribution in [0.4, 0.5) is 14.5 Å².